The van der Waals surface area contributed by atoms with E-state index in [0.717, 1.165) is 0 Å². The fourth-order valence-corrected chi connectivity index (χ4v) is 1.45. The van der Waals surface area contributed by atoms with Crippen molar-refractivity contribution in [2.75, 3.05) is 19.0 Å². The van der Waals surface area contributed by atoms with Gasteiger partial charge < -0.3 is 4.90 Å². The molecule has 0 heterocycles. The Labute approximate surface area is 79.9 Å². The Morgan fingerprint density at radius 3 is 2.62 bits per heavy atom. The van der Waals surface area contributed by atoms with E-state index >= 15 is 0 Å². The zero-order valence-corrected chi connectivity index (χ0v) is 8.54. The fourth-order valence-electron chi connectivity index (χ4n) is 1.45. The normalized spacial score (nSPS) is 9.77. The molecule has 0 aromatic heterocycles. The van der Waals surface area contributed by atoms with Crippen LogP contribution in [-0.4, -0.2) is 20.8 Å². The Morgan fingerprint density at radius 1 is 1.38 bits per heavy atom. The fraction of sp³-hybridized carbons (Fsp3) is 0.364. The van der Waals surface area contributed by atoms with Gasteiger partial charge in [-0.15, -0.1) is 0 Å². The summed E-state index contributed by atoms with van der Waals surface area (Å²) in [6, 6.07) is 6.27. The summed E-state index contributed by atoms with van der Waals surface area (Å²) in [6.07, 6.45) is 0. The van der Waals surface area contributed by atoms with Gasteiger partial charge in [0, 0.05) is 19.8 Å². The first-order valence-corrected chi connectivity index (χ1v) is 4.35. The van der Waals surface area contributed by atoms with Crippen molar-refractivity contribution in [2.45, 2.75) is 13.5 Å². The lowest BCUT2D eigenvalue weighted by atomic mass is 10.1. The lowest BCUT2D eigenvalue weighted by Crippen LogP contribution is -2.10. The van der Waals surface area contributed by atoms with Crippen LogP contribution in [0.1, 0.15) is 11.1 Å². The van der Waals surface area contributed by atoms with Crippen LogP contribution >= 0.6 is 0 Å². The molecule has 0 bridgehead atoms. The molecule has 0 radical (unpaired) electrons. The minimum atomic E-state index is 0.702. The predicted octanol–water partition coefficient (Wildman–Crippen LogP) is 2.26. The number of anilines is 1. The van der Waals surface area contributed by atoms with Gasteiger partial charge >= 0.3 is 0 Å². The standard InChI is InChI=1S/C11H16N2/c1-9-10(8-12-2)6-5-7-11(9)13(3)4/h5-7H,2,8H2,1,3-4H3. The monoisotopic (exact) mass is 176 g/mol. The van der Waals surface area contributed by atoms with Crippen LogP contribution in [0.2, 0.25) is 0 Å². The zero-order valence-electron chi connectivity index (χ0n) is 8.54. The van der Waals surface area contributed by atoms with E-state index in [1.807, 2.05) is 14.1 Å². The number of hydrogen-bond donors (Lipinski definition) is 0. The van der Waals surface area contributed by atoms with Gasteiger partial charge in [0.25, 0.3) is 0 Å². The Kier molecular flexibility index (Phi) is 3.07. The first-order valence-electron chi connectivity index (χ1n) is 4.35. The minimum Gasteiger partial charge on any atom is -0.377 e. The van der Waals surface area contributed by atoms with Gasteiger partial charge in [0.15, 0.2) is 0 Å². The molecule has 0 saturated carbocycles. The van der Waals surface area contributed by atoms with E-state index in [1.54, 1.807) is 0 Å². The molecule has 0 atom stereocenters. The maximum absolute atomic E-state index is 3.90. The molecule has 1 aromatic rings. The van der Waals surface area contributed by atoms with Crippen molar-refractivity contribution in [3.8, 4) is 0 Å². The van der Waals surface area contributed by atoms with E-state index in [2.05, 4.69) is 41.7 Å². The molecule has 0 spiro atoms. The molecule has 0 fully saturated rings. The van der Waals surface area contributed by atoms with Gasteiger partial charge in [-0.3, -0.25) is 4.99 Å². The van der Waals surface area contributed by atoms with Gasteiger partial charge in [-0.2, -0.15) is 0 Å². The summed E-state index contributed by atoms with van der Waals surface area (Å²) in [5, 5.41) is 0. The number of rotatable bonds is 3. The molecule has 1 aromatic carbocycles. The lowest BCUT2D eigenvalue weighted by molar-refractivity contribution is 1.04. The SMILES string of the molecule is C=NCc1cccc(N(C)C)c1C. The highest BCUT2D eigenvalue weighted by molar-refractivity contribution is 5.55. The van der Waals surface area contributed by atoms with Crippen molar-refractivity contribution in [1.29, 1.82) is 0 Å². The molecule has 2 heteroatoms. The molecule has 0 unspecified atom stereocenters. The topological polar surface area (TPSA) is 15.6 Å². The average molecular weight is 176 g/mol. The highest BCUT2D eigenvalue weighted by Crippen LogP contribution is 2.21. The van der Waals surface area contributed by atoms with Crippen molar-refractivity contribution in [3.63, 3.8) is 0 Å². The lowest BCUT2D eigenvalue weighted by Gasteiger charge is -2.17. The van der Waals surface area contributed by atoms with Crippen LogP contribution in [0.3, 0.4) is 0 Å². The molecule has 0 N–H and O–H groups in total. The summed E-state index contributed by atoms with van der Waals surface area (Å²) in [5.41, 5.74) is 3.79. The minimum absolute atomic E-state index is 0.702. The maximum Gasteiger partial charge on any atom is 0.0635 e. The van der Waals surface area contributed by atoms with Gasteiger partial charge in [0.2, 0.25) is 0 Å². The summed E-state index contributed by atoms with van der Waals surface area (Å²) in [4.78, 5) is 6.01. The quantitative estimate of drug-likeness (QED) is 0.645. The highest BCUT2D eigenvalue weighted by Gasteiger charge is 2.03. The maximum atomic E-state index is 3.90. The predicted molar refractivity (Wildman–Crippen MR) is 58.8 cm³/mol. The van der Waals surface area contributed by atoms with E-state index in [9.17, 15) is 0 Å². The highest BCUT2D eigenvalue weighted by atomic mass is 15.1. The number of hydrogen-bond acceptors (Lipinski definition) is 2. The Bertz CT molecular complexity index is 303. The van der Waals surface area contributed by atoms with E-state index in [1.165, 1.54) is 16.8 Å². The molecule has 0 aliphatic carbocycles. The Balaban J connectivity index is 3.10. The van der Waals surface area contributed by atoms with Gasteiger partial charge in [0.1, 0.15) is 0 Å². The molecule has 0 saturated heterocycles. The van der Waals surface area contributed by atoms with Crippen molar-refractivity contribution in [2.24, 2.45) is 4.99 Å². The van der Waals surface area contributed by atoms with Crippen LogP contribution in [0.25, 0.3) is 0 Å². The van der Waals surface area contributed by atoms with Crippen LogP contribution in [0.4, 0.5) is 5.69 Å². The van der Waals surface area contributed by atoms with Crippen molar-refractivity contribution < 1.29 is 0 Å². The Hall–Kier alpha value is -1.31. The molecule has 0 amide bonds. The van der Waals surface area contributed by atoms with Crippen LogP contribution < -0.4 is 4.90 Å². The van der Waals surface area contributed by atoms with Crippen LogP contribution in [0.15, 0.2) is 23.2 Å². The summed E-state index contributed by atoms with van der Waals surface area (Å²) >= 11 is 0. The summed E-state index contributed by atoms with van der Waals surface area (Å²) in [6.45, 7) is 6.33. The van der Waals surface area contributed by atoms with E-state index in [-0.39, 0.29) is 0 Å². The Morgan fingerprint density at radius 2 is 2.08 bits per heavy atom. The molecule has 0 aliphatic heterocycles. The molecule has 13 heavy (non-hydrogen) atoms. The third-order valence-corrected chi connectivity index (χ3v) is 2.18. The smallest absolute Gasteiger partial charge is 0.0635 e. The van der Waals surface area contributed by atoms with Crippen LogP contribution in [-0.2, 0) is 6.54 Å². The third-order valence-electron chi connectivity index (χ3n) is 2.18. The van der Waals surface area contributed by atoms with Gasteiger partial charge in [0.05, 0.1) is 6.54 Å². The van der Waals surface area contributed by atoms with E-state index in [0.29, 0.717) is 6.54 Å². The molecule has 1 rings (SSSR count). The largest absolute Gasteiger partial charge is 0.377 e. The molecule has 70 valence electrons. The van der Waals surface area contributed by atoms with Gasteiger partial charge in [-0.1, -0.05) is 12.1 Å². The van der Waals surface area contributed by atoms with Crippen molar-refractivity contribution in [3.05, 3.63) is 29.3 Å². The van der Waals surface area contributed by atoms with Crippen molar-refractivity contribution in [1.82, 2.24) is 0 Å². The first kappa shape index (κ1) is 9.78. The second-order valence-corrected chi connectivity index (χ2v) is 3.34. The van der Waals surface area contributed by atoms with Gasteiger partial charge in [-0.05, 0) is 30.8 Å². The van der Waals surface area contributed by atoms with Gasteiger partial charge in [-0.25, -0.2) is 0 Å². The molecular formula is C11H16N2. The zero-order chi connectivity index (χ0) is 9.84. The molecule has 2 nitrogen and oxygen atoms in total. The summed E-state index contributed by atoms with van der Waals surface area (Å²) in [5.74, 6) is 0. The number of aliphatic imine (C=N–C) groups is 1. The van der Waals surface area contributed by atoms with Crippen LogP contribution in [0, 0.1) is 6.92 Å². The van der Waals surface area contributed by atoms with E-state index in [4.69, 9.17) is 0 Å². The van der Waals surface area contributed by atoms with E-state index < -0.39 is 0 Å². The number of benzene rings is 1. The average Bonchev–Trinajstić information content (AvgIpc) is 2.08. The van der Waals surface area contributed by atoms with Crippen molar-refractivity contribution >= 4 is 12.4 Å². The molecular weight excluding hydrogens is 160 g/mol. The first-order chi connectivity index (χ1) is 6.16. The second kappa shape index (κ2) is 4.08. The number of nitrogens with zero attached hydrogens (tertiary/aromatic N) is 2. The summed E-state index contributed by atoms with van der Waals surface area (Å²) < 4.78 is 0. The molecule has 0 aliphatic rings. The second-order valence-electron chi connectivity index (χ2n) is 3.34. The summed E-state index contributed by atoms with van der Waals surface area (Å²) in [7, 11) is 4.10. The van der Waals surface area contributed by atoms with Crippen LogP contribution in [0.5, 0.6) is 0 Å². The third kappa shape index (κ3) is 2.08.